The van der Waals surface area contributed by atoms with Crippen LogP contribution in [0.2, 0.25) is 0 Å². The van der Waals surface area contributed by atoms with E-state index in [1.165, 1.54) is 35.6 Å². The fraction of sp³-hybridized carbons (Fsp3) is 0.111. The maximum absolute atomic E-state index is 13.0. The van der Waals surface area contributed by atoms with Gasteiger partial charge in [-0.3, -0.25) is 4.79 Å². The number of fused-ring (bicyclic) bond motifs is 1. The molecule has 3 aromatic rings. The van der Waals surface area contributed by atoms with Crippen LogP contribution in [-0.4, -0.2) is 18.5 Å². The third kappa shape index (κ3) is 3.14. The Bertz CT molecular complexity index is 902. The molecule has 122 valence electrons. The van der Waals surface area contributed by atoms with Gasteiger partial charge in [-0.1, -0.05) is 18.2 Å². The fourth-order valence-electron chi connectivity index (χ4n) is 2.32. The number of ether oxygens (including phenoxy) is 1. The Morgan fingerprint density at radius 2 is 1.83 bits per heavy atom. The van der Waals surface area contributed by atoms with E-state index in [1.807, 2.05) is 24.3 Å². The Morgan fingerprint density at radius 3 is 2.54 bits per heavy atom. The molecular weight excluding hydrogens is 329 g/mol. The Morgan fingerprint density at radius 1 is 1.12 bits per heavy atom. The summed E-state index contributed by atoms with van der Waals surface area (Å²) in [7, 11) is 0. The van der Waals surface area contributed by atoms with Gasteiger partial charge in [0.2, 0.25) is 0 Å². The second-order valence-electron chi connectivity index (χ2n) is 4.98. The third-order valence-corrected chi connectivity index (χ3v) is 4.49. The lowest BCUT2D eigenvalue weighted by Gasteiger charge is -2.06. The van der Waals surface area contributed by atoms with Crippen molar-refractivity contribution in [3.05, 3.63) is 65.5 Å². The molecule has 0 saturated carbocycles. The lowest BCUT2D eigenvalue weighted by molar-refractivity contribution is 0.0530. The summed E-state index contributed by atoms with van der Waals surface area (Å²) in [4.78, 5) is 24.6. The van der Waals surface area contributed by atoms with Gasteiger partial charge in [0.25, 0.3) is 5.91 Å². The summed E-state index contributed by atoms with van der Waals surface area (Å²) in [6.07, 6.45) is 0. The molecule has 0 saturated heterocycles. The Labute approximate surface area is 141 Å². The average molecular weight is 343 g/mol. The van der Waals surface area contributed by atoms with E-state index in [0.717, 1.165) is 10.1 Å². The van der Waals surface area contributed by atoms with E-state index in [9.17, 15) is 14.0 Å². The number of hydrogen-bond donors (Lipinski definition) is 1. The summed E-state index contributed by atoms with van der Waals surface area (Å²) in [6.45, 7) is 1.97. The van der Waals surface area contributed by atoms with Crippen molar-refractivity contribution in [2.45, 2.75) is 6.92 Å². The van der Waals surface area contributed by atoms with E-state index in [0.29, 0.717) is 16.1 Å². The standard InChI is InChI=1S/C18H14FNO3S/c1-2-23-18(22)15-13-5-3-4-6-14(13)24-17(15)20-16(21)11-7-9-12(19)10-8-11/h3-10H,2H2,1H3,(H,20,21). The van der Waals surface area contributed by atoms with Crippen LogP contribution in [-0.2, 0) is 4.74 Å². The smallest absolute Gasteiger partial charge is 0.341 e. The average Bonchev–Trinajstić information content (AvgIpc) is 2.93. The lowest BCUT2D eigenvalue weighted by atomic mass is 10.1. The number of halogens is 1. The van der Waals surface area contributed by atoms with Gasteiger partial charge >= 0.3 is 5.97 Å². The van der Waals surface area contributed by atoms with Crippen molar-refractivity contribution in [1.29, 1.82) is 0 Å². The SMILES string of the molecule is CCOC(=O)c1c(NC(=O)c2ccc(F)cc2)sc2ccccc12. The van der Waals surface area contributed by atoms with Crippen LogP contribution < -0.4 is 5.32 Å². The van der Waals surface area contributed by atoms with Gasteiger partial charge in [0.05, 0.1) is 6.61 Å². The molecule has 6 heteroatoms. The minimum atomic E-state index is -0.482. The van der Waals surface area contributed by atoms with Crippen LogP contribution in [0.3, 0.4) is 0 Å². The number of rotatable bonds is 4. The number of benzene rings is 2. The van der Waals surface area contributed by atoms with Crippen LogP contribution in [0.4, 0.5) is 9.39 Å². The molecule has 2 aromatic carbocycles. The molecule has 4 nitrogen and oxygen atoms in total. The first-order chi connectivity index (χ1) is 11.6. The van der Waals surface area contributed by atoms with Gasteiger partial charge in [0, 0.05) is 15.6 Å². The molecule has 1 N–H and O–H groups in total. The fourth-order valence-corrected chi connectivity index (χ4v) is 3.40. The van der Waals surface area contributed by atoms with E-state index in [1.54, 1.807) is 6.92 Å². The molecule has 0 unspecified atom stereocenters. The van der Waals surface area contributed by atoms with Crippen molar-refractivity contribution in [2.75, 3.05) is 11.9 Å². The predicted molar refractivity (Wildman–Crippen MR) is 92.1 cm³/mol. The highest BCUT2D eigenvalue weighted by Crippen LogP contribution is 2.36. The maximum atomic E-state index is 13.0. The van der Waals surface area contributed by atoms with Gasteiger partial charge in [-0.2, -0.15) is 0 Å². The number of anilines is 1. The minimum absolute atomic E-state index is 0.244. The van der Waals surface area contributed by atoms with Crippen LogP contribution in [0.25, 0.3) is 10.1 Å². The summed E-state index contributed by atoms with van der Waals surface area (Å²) in [5, 5.41) is 3.88. The molecule has 0 bridgehead atoms. The molecule has 1 aromatic heterocycles. The summed E-state index contributed by atoms with van der Waals surface area (Å²) in [5.74, 6) is -1.31. The number of amides is 1. The first kappa shape index (κ1) is 16.1. The monoisotopic (exact) mass is 343 g/mol. The van der Waals surface area contributed by atoms with Gasteiger partial charge in [0.15, 0.2) is 0 Å². The van der Waals surface area contributed by atoms with Crippen molar-refractivity contribution in [2.24, 2.45) is 0 Å². The highest BCUT2D eigenvalue weighted by atomic mass is 32.1. The number of hydrogen-bond acceptors (Lipinski definition) is 4. The molecule has 0 aliphatic carbocycles. The highest BCUT2D eigenvalue weighted by molar-refractivity contribution is 7.23. The van der Waals surface area contributed by atoms with E-state index in [4.69, 9.17) is 4.74 Å². The summed E-state index contributed by atoms with van der Waals surface area (Å²) >= 11 is 1.30. The molecule has 3 rings (SSSR count). The summed E-state index contributed by atoms with van der Waals surface area (Å²) in [6, 6.07) is 12.6. The van der Waals surface area contributed by atoms with E-state index >= 15 is 0 Å². The molecule has 0 spiro atoms. The van der Waals surface area contributed by atoms with Crippen molar-refractivity contribution >= 4 is 38.3 Å². The number of carbonyl (C=O) groups is 2. The molecule has 24 heavy (non-hydrogen) atoms. The largest absolute Gasteiger partial charge is 0.462 e. The van der Waals surface area contributed by atoms with Crippen LogP contribution in [0, 0.1) is 5.82 Å². The van der Waals surface area contributed by atoms with Gasteiger partial charge in [-0.05, 0) is 37.3 Å². The van der Waals surface area contributed by atoms with E-state index < -0.39 is 17.7 Å². The van der Waals surface area contributed by atoms with Gasteiger partial charge in [0.1, 0.15) is 16.4 Å². The van der Waals surface area contributed by atoms with Gasteiger partial charge in [-0.15, -0.1) is 11.3 Å². The molecule has 1 heterocycles. The van der Waals surface area contributed by atoms with Crippen LogP contribution in [0.1, 0.15) is 27.6 Å². The number of nitrogens with one attached hydrogen (secondary N) is 1. The third-order valence-electron chi connectivity index (χ3n) is 3.41. The molecule has 0 aliphatic heterocycles. The zero-order valence-corrected chi connectivity index (χ0v) is 13.7. The van der Waals surface area contributed by atoms with Crippen LogP contribution in [0.5, 0.6) is 0 Å². The maximum Gasteiger partial charge on any atom is 0.341 e. The minimum Gasteiger partial charge on any atom is -0.462 e. The lowest BCUT2D eigenvalue weighted by Crippen LogP contribution is -2.14. The second kappa shape index (κ2) is 6.80. The Balaban J connectivity index is 1.99. The quantitative estimate of drug-likeness (QED) is 0.711. The van der Waals surface area contributed by atoms with Crippen molar-refractivity contribution in [3.63, 3.8) is 0 Å². The summed E-state index contributed by atoms with van der Waals surface area (Å²) in [5.41, 5.74) is 0.650. The van der Waals surface area contributed by atoms with E-state index in [2.05, 4.69) is 5.32 Å². The molecule has 0 aliphatic rings. The van der Waals surface area contributed by atoms with Crippen molar-refractivity contribution in [3.8, 4) is 0 Å². The normalized spacial score (nSPS) is 10.6. The first-order valence-electron chi connectivity index (χ1n) is 7.35. The Kier molecular flexibility index (Phi) is 4.57. The number of esters is 1. The molecule has 0 fully saturated rings. The van der Waals surface area contributed by atoms with Crippen molar-refractivity contribution in [1.82, 2.24) is 0 Å². The van der Waals surface area contributed by atoms with Crippen molar-refractivity contribution < 1.29 is 18.7 Å². The summed E-state index contributed by atoms with van der Waals surface area (Å²) < 4.78 is 19.0. The number of carbonyl (C=O) groups excluding carboxylic acids is 2. The second-order valence-corrected chi connectivity index (χ2v) is 6.04. The molecule has 1 amide bonds. The van der Waals surface area contributed by atoms with E-state index in [-0.39, 0.29) is 6.61 Å². The van der Waals surface area contributed by atoms with Gasteiger partial charge in [-0.25, -0.2) is 9.18 Å². The van der Waals surface area contributed by atoms with Gasteiger partial charge < -0.3 is 10.1 Å². The molecule has 0 radical (unpaired) electrons. The predicted octanol–water partition coefficient (Wildman–Crippen LogP) is 4.47. The zero-order valence-electron chi connectivity index (χ0n) is 12.8. The highest BCUT2D eigenvalue weighted by Gasteiger charge is 2.21. The van der Waals surface area contributed by atoms with Crippen LogP contribution in [0.15, 0.2) is 48.5 Å². The first-order valence-corrected chi connectivity index (χ1v) is 8.17. The number of thiophene rings is 1. The zero-order chi connectivity index (χ0) is 17.1. The Hall–Kier alpha value is -2.73. The molecule has 0 atom stereocenters. The molecular formula is C18H14FNO3S. The topological polar surface area (TPSA) is 55.4 Å². The van der Waals surface area contributed by atoms with Crippen LogP contribution >= 0.6 is 11.3 Å².